The molecule has 0 aliphatic carbocycles. The van der Waals surface area contributed by atoms with Crippen molar-refractivity contribution >= 4 is 29.2 Å². The Morgan fingerprint density at radius 1 is 0.926 bits per heavy atom. The second-order valence-corrected chi connectivity index (χ2v) is 5.65. The van der Waals surface area contributed by atoms with Crippen molar-refractivity contribution in [2.75, 3.05) is 34.8 Å². The van der Waals surface area contributed by atoms with Crippen molar-refractivity contribution in [1.82, 2.24) is 15.0 Å². The van der Waals surface area contributed by atoms with Crippen LogP contribution in [0.5, 0.6) is 0 Å². The molecule has 1 aromatic heterocycles. The van der Waals surface area contributed by atoms with Gasteiger partial charge in [-0.3, -0.25) is 0 Å². The predicted molar refractivity (Wildman–Crippen MR) is 103 cm³/mol. The molecule has 0 saturated heterocycles. The van der Waals surface area contributed by atoms with Crippen LogP contribution in [0.3, 0.4) is 0 Å². The van der Waals surface area contributed by atoms with Gasteiger partial charge in [-0.25, -0.2) is 4.39 Å². The lowest BCUT2D eigenvalue weighted by Gasteiger charge is -2.11. The molecule has 0 aliphatic heterocycles. The van der Waals surface area contributed by atoms with Crippen LogP contribution in [-0.2, 0) is 6.54 Å². The molecule has 0 radical (unpaired) electrons. The van der Waals surface area contributed by atoms with E-state index >= 15 is 0 Å². The predicted octanol–water partition coefficient (Wildman–Crippen LogP) is 2.35. The highest BCUT2D eigenvalue weighted by molar-refractivity contribution is 5.60. The number of aromatic nitrogens is 3. The van der Waals surface area contributed by atoms with Gasteiger partial charge in [-0.05, 0) is 24.3 Å². The van der Waals surface area contributed by atoms with Crippen LogP contribution in [0.1, 0.15) is 5.56 Å². The van der Waals surface area contributed by atoms with Crippen LogP contribution in [0, 0.1) is 5.82 Å². The normalized spacial score (nSPS) is 10.4. The number of nitrogens with two attached hydrogens (primary N) is 1. The van der Waals surface area contributed by atoms with Gasteiger partial charge in [-0.1, -0.05) is 24.3 Å². The SMILES string of the molecule is Nc1cccc(Nc2nc(NCCO)nc(NCc3ccccc3F)n2)c1. The van der Waals surface area contributed by atoms with E-state index in [1.807, 2.05) is 6.07 Å². The smallest absolute Gasteiger partial charge is 0.233 e. The largest absolute Gasteiger partial charge is 0.399 e. The maximum absolute atomic E-state index is 13.8. The molecule has 9 heteroatoms. The molecule has 8 nitrogen and oxygen atoms in total. The minimum atomic E-state index is -0.309. The van der Waals surface area contributed by atoms with Crippen LogP contribution in [0.2, 0.25) is 0 Å². The topological polar surface area (TPSA) is 121 Å². The molecule has 0 bridgehead atoms. The van der Waals surface area contributed by atoms with Crippen LogP contribution in [0.15, 0.2) is 48.5 Å². The van der Waals surface area contributed by atoms with E-state index in [4.69, 9.17) is 10.8 Å². The second kappa shape index (κ2) is 8.77. The maximum atomic E-state index is 13.8. The Kier molecular flexibility index (Phi) is 5.95. The molecule has 0 amide bonds. The molecule has 140 valence electrons. The van der Waals surface area contributed by atoms with Crippen LogP contribution in [-0.4, -0.2) is 33.2 Å². The minimum absolute atomic E-state index is 0.0678. The van der Waals surface area contributed by atoms with Crippen molar-refractivity contribution < 1.29 is 9.50 Å². The van der Waals surface area contributed by atoms with E-state index in [1.54, 1.807) is 36.4 Å². The molecule has 3 rings (SSSR count). The summed E-state index contributed by atoms with van der Waals surface area (Å²) in [7, 11) is 0. The van der Waals surface area contributed by atoms with Crippen LogP contribution in [0.4, 0.5) is 33.6 Å². The molecular formula is C18H20FN7O. The van der Waals surface area contributed by atoms with E-state index in [0.717, 1.165) is 5.69 Å². The molecule has 0 atom stereocenters. The van der Waals surface area contributed by atoms with Gasteiger partial charge in [0.15, 0.2) is 0 Å². The Hall–Kier alpha value is -3.46. The van der Waals surface area contributed by atoms with E-state index in [1.165, 1.54) is 6.07 Å². The Morgan fingerprint density at radius 3 is 2.41 bits per heavy atom. The van der Waals surface area contributed by atoms with Crippen LogP contribution < -0.4 is 21.7 Å². The summed E-state index contributed by atoms with van der Waals surface area (Å²) in [5, 5.41) is 17.9. The van der Waals surface area contributed by atoms with Gasteiger partial charge in [0.05, 0.1) is 6.61 Å². The van der Waals surface area contributed by atoms with E-state index in [2.05, 4.69) is 30.9 Å². The molecule has 0 fully saturated rings. The maximum Gasteiger partial charge on any atom is 0.233 e. The average Bonchev–Trinajstić information content (AvgIpc) is 2.66. The zero-order valence-electron chi connectivity index (χ0n) is 14.5. The van der Waals surface area contributed by atoms with E-state index in [9.17, 15) is 4.39 Å². The van der Waals surface area contributed by atoms with Crippen molar-refractivity contribution in [3.63, 3.8) is 0 Å². The quantitative estimate of drug-likeness (QED) is 0.384. The number of benzene rings is 2. The molecule has 0 aliphatic rings. The van der Waals surface area contributed by atoms with Crippen LogP contribution >= 0.6 is 0 Å². The Balaban J connectivity index is 1.80. The van der Waals surface area contributed by atoms with Gasteiger partial charge >= 0.3 is 0 Å². The summed E-state index contributed by atoms with van der Waals surface area (Å²) >= 11 is 0. The number of aliphatic hydroxyl groups is 1. The zero-order chi connectivity index (χ0) is 19.1. The number of nitrogen functional groups attached to an aromatic ring is 1. The molecule has 0 unspecified atom stereocenters. The van der Waals surface area contributed by atoms with Crippen molar-refractivity contribution in [2.24, 2.45) is 0 Å². The lowest BCUT2D eigenvalue weighted by Crippen LogP contribution is -2.13. The van der Waals surface area contributed by atoms with Gasteiger partial charge in [0, 0.05) is 30.0 Å². The van der Waals surface area contributed by atoms with Crippen molar-refractivity contribution in [2.45, 2.75) is 6.54 Å². The van der Waals surface area contributed by atoms with Gasteiger partial charge in [0.25, 0.3) is 0 Å². The van der Waals surface area contributed by atoms with Crippen LogP contribution in [0.25, 0.3) is 0 Å². The van der Waals surface area contributed by atoms with Gasteiger partial charge in [-0.15, -0.1) is 0 Å². The first-order chi connectivity index (χ1) is 13.1. The number of hydrogen-bond donors (Lipinski definition) is 5. The van der Waals surface area contributed by atoms with Gasteiger partial charge < -0.3 is 26.8 Å². The molecular weight excluding hydrogens is 349 g/mol. The average molecular weight is 369 g/mol. The van der Waals surface area contributed by atoms with Gasteiger partial charge in [0.2, 0.25) is 17.8 Å². The molecule has 2 aromatic carbocycles. The Labute approximate surface area is 155 Å². The third-order valence-electron chi connectivity index (χ3n) is 3.57. The standard InChI is InChI=1S/C18H20FN7O/c19-15-7-2-1-4-12(15)11-22-17-24-16(21-8-9-27)25-18(26-17)23-14-6-3-5-13(20)10-14/h1-7,10,27H,8-9,11,20H2,(H3,21,22,23,24,25,26). The Bertz CT molecular complexity index is 906. The molecule has 0 saturated carbocycles. The van der Waals surface area contributed by atoms with E-state index in [-0.39, 0.29) is 43.4 Å². The first-order valence-electron chi connectivity index (χ1n) is 8.34. The summed E-state index contributed by atoms with van der Waals surface area (Å²) in [6, 6.07) is 13.6. The van der Waals surface area contributed by atoms with Crippen molar-refractivity contribution in [1.29, 1.82) is 0 Å². The third kappa shape index (κ3) is 5.25. The van der Waals surface area contributed by atoms with Crippen molar-refractivity contribution in [3.05, 3.63) is 59.9 Å². The highest BCUT2D eigenvalue weighted by Crippen LogP contribution is 2.18. The summed E-state index contributed by atoms with van der Waals surface area (Å²) in [4.78, 5) is 12.8. The lowest BCUT2D eigenvalue weighted by atomic mass is 10.2. The first kappa shape index (κ1) is 18.3. The fraction of sp³-hybridized carbons (Fsp3) is 0.167. The molecule has 3 aromatic rings. The molecule has 0 spiro atoms. The molecule has 6 N–H and O–H groups in total. The number of nitrogens with one attached hydrogen (secondary N) is 3. The monoisotopic (exact) mass is 369 g/mol. The van der Waals surface area contributed by atoms with E-state index in [0.29, 0.717) is 11.3 Å². The Morgan fingerprint density at radius 2 is 1.67 bits per heavy atom. The third-order valence-corrected chi connectivity index (χ3v) is 3.57. The number of halogens is 1. The summed E-state index contributed by atoms with van der Waals surface area (Å²) in [5.41, 5.74) is 7.60. The minimum Gasteiger partial charge on any atom is -0.399 e. The fourth-order valence-corrected chi connectivity index (χ4v) is 2.32. The lowest BCUT2D eigenvalue weighted by molar-refractivity contribution is 0.311. The first-order valence-corrected chi connectivity index (χ1v) is 8.34. The summed E-state index contributed by atoms with van der Waals surface area (Å²) in [6.45, 7) is 0.435. The summed E-state index contributed by atoms with van der Waals surface area (Å²) in [5.74, 6) is 0.518. The summed E-state index contributed by atoms with van der Waals surface area (Å²) < 4.78 is 13.8. The number of hydrogen-bond acceptors (Lipinski definition) is 8. The fourth-order valence-electron chi connectivity index (χ4n) is 2.32. The number of nitrogens with zero attached hydrogens (tertiary/aromatic N) is 3. The van der Waals surface area contributed by atoms with Gasteiger partial charge in [0.1, 0.15) is 5.82 Å². The number of rotatable bonds is 8. The van der Waals surface area contributed by atoms with Gasteiger partial charge in [-0.2, -0.15) is 15.0 Å². The van der Waals surface area contributed by atoms with E-state index < -0.39 is 0 Å². The highest BCUT2D eigenvalue weighted by Gasteiger charge is 2.08. The highest BCUT2D eigenvalue weighted by atomic mass is 19.1. The molecule has 27 heavy (non-hydrogen) atoms. The second-order valence-electron chi connectivity index (χ2n) is 5.65. The summed E-state index contributed by atoms with van der Waals surface area (Å²) in [6.07, 6.45) is 0. The molecule has 1 heterocycles. The van der Waals surface area contributed by atoms with Crippen molar-refractivity contribution in [3.8, 4) is 0 Å². The number of aliphatic hydroxyl groups excluding tert-OH is 1. The zero-order valence-corrected chi connectivity index (χ0v) is 14.5. The number of anilines is 5.